The van der Waals surface area contributed by atoms with E-state index in [-0.39, 0.29) is 5.91 Å². The average Bonchev–Trinajstić information content (AvgIpc) is 2.79. The number of halogens is 1. The van der Waals surface area contributed by atoms with Crippen molar-refractivity contribution in [2.45, 2.75) is 0 Å². The molecule has 3 rings (SSSR count). The first-order valence-corrected chi connectivity index (χ1v) is 10.7. The second-order valence-corrected chi connectivity index (χ2v) is 7.76. The number of nitrogens with one attached hydrogen (secondary N) is 2. The Labute approximate surface area is 189 Å². The quantitative estimate of drug-likeness (QED) is 0.369. The smallest absolute Gasteiger partial charge is 0.337 e. The molecular formula is C22H25BrN4O4. The molecule has 1 fully saturated rings. The van der Waals surface area contributed by atoms with Crippen LogP contribution in [0.25, 0.3) is 0 Å². The van der Waals surface area contributed by atoms with Crippen LogP contribution in [0.3, 0.4) is 0 Å². The number of amides is 1. The molecule has 2 N–H and O–H groups in total. The van der Waals surface area contributed by atoms with Gasteiger partial charge in [0.25, 0.3) is 5.91 Å². The third kappa shape index (κ3) is 7.16. The summed E-state index contributed by atoms with van der Waals surface area (Å²) in [5.41, 5.74) is 1.58. The van der Waals surface area contributed by atoms with Crippen LogP contribution in [0.1, 0.15) is 20.7 Å². The normalized spacial score (nSPS) is 14.7. The van der Waals surface area contributed by atoms with E-state index in [0.29, 0.717) is 23.6 Å². The number of hydrogen-bond acceptors (Lipinski definition) is 6. The molecule has 1 aliphatic heterocycles. The first-order chi connectivity index (χ1) is 15.0. The maximum Gasteiger partial charge on any atom is 0.337 e. The number of anilines is 1. The van der Waals surface area contributed by atoms with Gasteiger partial charge < -0.3 is 14.8 Å². The molecule has 0 spiro atoms. The van der Waals surface area contributed by atoms with Crippen LogP contribution in [0.15, 0.2) is 58.0 Å². The van der Waals surface area contributed by atoms with Crippen molar-refractivity contribution >= 4 is 39.5 Å². The zero-order valence-corrected chi connectivity index (χ0v) is 18.9. The zero-order valence-electron chi connectivity index (χ0n) is 17.3. The molecule has 8 nitrogen and oxygen atoms in total. The Kier molecular flexibility index (Phi) is 8.57. The van der Waals surface area contributed by atoms with Crippen LogP contribution in [0.5, 0.6) is 0 Å². The Morgan fingerprint density at radius 1 is 1.13 bits per heavy atom. The molecule has 1 aliphatic rings. The topological polar surface area (TPSA) is 92.3 Å². The first-order valence-electron chi connectivity index (χ1n) is 9.92. The number of guanidine groups is 1. The number of benzene rings is 2. The third-order valence-corrected chi connectivity index (χ3v) is 5.17. The highest BCUT2D eigenvalue weighted by Gasteiger charge is 2.13. The summed E-state index contributed by atoms with van der Waals surface area (Å²) in [6.07, 6.45) is 0. The number of hydrogen-bond donors (Lipinski definition) is 2. The highest BCUT2D eigenvalue weighted by molar-refractivity contribution is 9.10. The third-order valence-electron chi connectivity index (χ3n) is 4.68. The summed E-state index contributed by atoms with van der Waals surface area (Å²) < 4.78 is 11.0. The number of carbonyl (C=O) groups excluding carboxylic acids is 2. The molecule has 164 valence electrons. The van der Waals surface area contributed by atoms with E-state index >= 15 is 0 Å². The van der Waals surface area contributed by atoms with Gasteiger partial charge in [-0.2, -0.15) is 0 Å². The molecule has 9 heteroatoms. The fraction of sp³-hybridized carbons (Fsp3) is 0.318. The monoisotopic (exact) mass is 488 g/mol. The zero-order chi connectivity index (χ0) is 22.1. The van der Waals surface area contributed by atoms with Gasteiger partial charge in [0.2, 0.25) is 5.96 Å². The molecule has 31 heavy (non-hydrogen) atoms. The fourth-order valence-electron chi connectivity index (χ4n) is 3.00. The van der Waals surface area contributed by atoms with Gasteiger partial charge in [0.05, 0.1) is 32.4 Å². The molecule has 0 atom stereocenters. The number of nitrogens with zero attached hydrogens (tertiary/aromatic N) is 2. The standard InChI is InChI=1S/C22H25BrN4O4/c1-30-21(29)17-7-5-16(6-8-17)20(28)26-22(25-19-4-2-3-18(23)15-19)24-9-10-27-11-13-31-14-12-27/h2-8,15H,9-14H2,1H3,(H2,24,25,26,28). The minimum absolute atomic E-state index is 0.330. The first kappa shape index (κ1) is 22.9. The largest absolute Gasteiger partial charge is 0.465 e. The summed E-state index contributed by atoms with van der Waals surface area (Å²) in [5.74, 6) is -0.425. The number of rotatable bonds is 6. The van der Waals surface area contributed by atoms with Crippen LogP contribution < -0.4 is 10.6 Å². The SMILES string of the molecule is COC(=O)c1ccc(C(=O)NC(=NCCN2CCOCC2)Nc2cccc(Br)c2)cc1. The van der Waals surface area contributed by atoms with E-state index in [4.69, 9.17) is 4.74 Å². The van der Waals surface area contributed by atoms with Gasteiger partial charge in [-0.25, -0.2) is 4.79 Å². The molecule has 0 saturated carbocycles. The highest BCUT2D eigenvalue weighted by atomic mass is 79.9. The Morgan fingerprint density at radius 2 is 1.84 bits per heavy atom. The van der Waals surface area contributed by atoms with Crippen molar-refractivity contribution in [3.05, 3.63) is 64.1 Å². The van der Waals surface area contributed by atoms with Gasteiger partial charge in [-0.3, -0.25) is 20.0 Å². The molecule has 0 aliphatic carbocycles. The molecule has 2 aromatic carbocycles. The molecular weight excluding hydrogens is 464 g/mol. The lowest BCUT2D eigenvalue weighted by molar-refractivity contribution is 0.0394. The van der Waals surface area contributed by atoms with Crippen LogP contribution in [-0.2, 0) is 9.47 Å². The van der Waals surface area contributed by atoms with Crippen LogP contribution in [0.2, 0.25) is 0 Å². The Balaban J connectivity index is 1.69. The van der Waals surface area contributed by atoms with Crippen molar-refractivity contribution in [3.8, 4) is 0 Å². The van der Waals surface area contributed by atoms with E-state index in [2.05, 4.69) is 41.2 Å². The van der Waals surface area contributed by atoms with Gasteiger partial charge in [0.1, 0.15) is 0 Å². The number of methoxy groups -OCH3 is 1. The van der Waals surface area contributed by atoms with Crippen LogP contribution in [-0.4, -0.2) is 69.2 Å². The average molecular weight is 489 g/mol. The van der Waals surface area contributed by atoms with Crippen LogP contribution in [0.4, 0.5) is 5.69 Å². The highest BCUT2D eigenvalue weighted by Crippen LogP contribution is 2.15. The van der Waals surface area contributed by atoms with E-state index in [1.165, 1.54) is 7.11 Å². The second-order valence-electron chi connectivity index (χ2n) is 6.84. The fourth-order valence-corrected chi connectivity index (χ4v) is 3.40. The Bertz CT molecular complexity index is 927. The second kappa shape index (κ2) is 11.6. The lowest BCUT2D eigenvalue weighted by atomic mass is 10.1. The Morgan fingerprint density at radius 3 is 2.52 bits per heavy atom. The molecule has 1 amide bonds. The van der Waals surface area contributed by atoms with E-state index in [1.807, 2.05) is 24.3 Å². The molecule has 0 bridgehead atoms. The number of aliphatic imine (C=N–C) groups is 1. The van der Waals surface area contributed by atoms with Crippen molar-refractivity contribution in [2.24, 2.45) is 4.99 Å². The summed E-state index contributed by atoms with van der Waals surface area (Å²) >= 11 is 3.45. The minimum Gasteiger partial charge on any atom is -0.465 e. The van der Waals surface area contributed by atoms with Gasteiger partial charge in [-0.05, 0) is 42.5 Å². The maximum atomic E-state index is 12.7. The molecule has 0 radical (unpaired) electrons. The molecule has 2 aromatic rings. The molecule has 0 aromatic heterocycles. The van der Waals surface area contributed by atoms with Crippen molar-refractivity contribution in [3.63, 3.8) is 0 Å². The van der Waals surface area contributed by atoms with Gasteiger partial charge in [-0.1, -0.05) is 22.0 Å². The number of carbonyl (C=O) groups is 2. The van der Waals surface area contributed by atoms with Gasteiger partial charge in [-0.15, -0.1) is 0 Å². The van der Waals surface area contributed by atoms with Gasteiger partial charge >= 0.3 is 5.97 Å². The van der Waals surface area contributed by atoms with E-state index in [0.717, 1.165) is 43.0 Å². The van der Waals surface area contributed by atoms with Gasteiger partial charge in [0, 0.05) is 35.4 Å². The number of ether oxygens (including phenoxy) is 2. The molecule has 1 saturated heterocycles. The van der Waals surface area contributed by atoms with Crippen molar-refractivity contribution in [1.82, 2.24) is 10.2 Å². The molecule has 0 unspecified atom stereocenters. The van der Waals surface area contributed by atoms with Crippen molar-refractivity contribution in [2.75, 3.05) is 51.8 Å². The van der Waals surface area contributed by atoms with Crippen LogP contribution in [0, 0.1) is 0 Å². The number of morpholine rings is 1. The Hall–Kier alpha value is -2.75. The minimum atomic E-state index is -0.450. The molecule has 1 heterocycles. The number of esters is 1. The predicted octanol–water partition coefficient (Wildman–Crippen LogP) is 2.77. The lowest BCUT2D eigenvalue weighted by Gasteiger charge is -2.25. The summed E-state index contributed by atoms with van der Waals surface area (Å²) in [4.78, 5) is 31.2. The van der Waals surface area contributed by atoms with E-state index in [9.17, 15) is 9.59 Å². The predicted molar refractivity (Wildman–Crippen MR) is 123 cm³/mol. The summed E-state index contributed by atoms with van der Waals surface area (Å²) in [6.45, 7) is 4.51. The van der Waals surface area contributed by atoms with E-state index in [1.54, 1.807) is 24.3 Å². The summed E-state index contributed by atoms with van der Waals surface area (Å²) in [5, 5.41) is 5.99. The summed E-state index contributed by atoms with van der Waals surface area (Å²) in [6, 6.07) is 13.9. The van der Waals surface area contributed by atoms with Crippen LogP contribution >= 0.6 is 15.9 Å². The van der Waals surface area contributed by atoms with Gasteiger partial charge in [0.15, 0.2) is 0 Å². The summed E-state index contributed by atoms with van der Waals surface area (Å²) in [7, 11) is 1.32. The van der Waals surface area contributed by atoms with Crippen molar-refractivity contribution < 1.29 is 19.1 Å². The maximum absolute atomic E-state index is 12.7. The van der Waals surface area contributed by atoms with Crippen molar-refractivity contribution in [1.29, 1.82) is 0 Å². The van der Waals surface area contributed by atoms with E-state index < -0.39 is 5.97 Å². The lowest BCUT2D eigenvalue weighted by Crippen LogP contribution is -2.39.